The van der Waals surface area contributed by atoms with Crippen LogP contribution in [-0.4, -0.2) is 30.7 Å². The van der Waals surface area contributed by atoms with Crippen molar-refractivity contribution in [3.63, 3.8) is 0 Å². The molecular formula is C23H21NO4S. The van der Waals surface area contributed by atoms with Crippen LogP contribution in [0.3, 0.4) is 0 Å². The van der Waals surface area contributed by atoms with E-state index < -0.39 is 5.97 Å². The van der Waals surface area contributed by atoms with Crippen molar-refractivity contribution in [3.05, 3.63) is 83.4 Å². The normalized spacial score (nSPS) is 10.8. The third kappa shape index (κ3) is 5.39. The lowest BCUT2D eigenvalue weighted by molar-refractivity contribution is 0.0697. The van der Waals surface area contributed by atoms with Crippen molar-refractivity contribution >= 4 is 29.6 Å². The molecule has 0 bridgehead atoms. The summed E-state index contributed by atoms with van der Waals surface area (Å²) < 4.78 is 11.3. The number of para-hydroxylation sites is 1. The van der Waals surface area contributed by atoms with Gasteiger partial charge in [0.25, 0.3) is 0 Å². The highest BCUT2D eigenvalue weighted by atomic mass is 32.2. The van der Waals surface area contributed by atoms with Gasteiger partial charge >= 0.3 is 5.97 Å². The van der Waals surface area contributed by atoms with E-state index in [-0.39, 0.29) is 5.56 Å². The molecule has 0 aromatic heterocycles. The third-order valence-corrected chi connectivity index (χ3v) is 5.01. The van der Waals surface area contributed by atoms with Crippen molar-refractivity contribution in [2.75, 3.05) is 13.4 Å². The molecule has 29 heavy (non-hydrogen) atoms. The van der Waals surface area contributed by atoms with Gasteiger partial charge in [-0.2, -0.15) is 0 Å². The van der Waals surface area contributed by atoms with E-state index in [0.717, 1.165) is 21.7 Å². The van der Waals surface area contributed by atoms with Gasteiger partial charge in [0, 0.05) is 11.1 Å². The highest BCUT2D eigenvalue weighted by molar-refractivity contribution is 7.98. The lowest BCUT2D eigenvalue weighted by atomic mass is 10.1. The van der Waals surface area contributed by atoms with E-state index in [1.165, 1.54) is 0 Å². The van der Waals surface area contributed by atoms with Crippen LogP contribution in [0.15, 0.2) is 76.6 Å². The van der Waals surface area contributed by atoms with E-state index in [9.17, 15) is 4.79 Å². The molecule has 3 aromatic carbocycles. The van der Waals surface area contributed by atoms with E-state index in [2.05, 4.69) is 4.99 Å². The third-order valence-electron chi connectivity index (χ3n) is 4.22. The standard InChI is InChI=1S/C23H21NO4S/c1-27-21-13-17(14-24-19-5-3-4-6-22(19)29-2)9-12-20(21)28-15-16-7-10-18(11-8-16)23(25)26/h3-14H,15H2,1-2H3,(H,25,26). The number of rotatable bonds is 8. The summed E-state index contributed by atoms with van der Waals surface area (Å²) in [6.07, 6.45) is 3.82. The van der Waals surface area contributed by atoms with Crippen LogP contribution in [0.25, 0.3) is 0 Å². The van der Waals surface area contributed by atoms with Gasteiger partial charge in [-0.05, 0) is 59.8 Å². The molecule has 0 saturated heterocycles. The maximum absolute atomic E-state index is 10.9. The summed E-state index contributed by atoms with van der Waals surface area (Å²) in [4.78, 5) is 16.6. The first-order chi connectivity index (χ1) is 14.1. The van der Waals surface area contributed by atoms with Crippen molar-refractivity contribution in [3.8, 4) is 11.5 Å². The van der Waals surface area contributed by atoms with Gasteiger partial charge in [0.05, 0.1) is 18.4 Å². The summed E-state index contributed by atoms with van der Waals surface area (Å²) in [7, 11) is 1.59. The first kappa shape index (κ1) is 20.5. The molecule has 0 aliphatic carbocycles. The number of carboxylic acid groups (broad SMARTS) is 1. The molecule has 0 aliphatic rings. The molecule has 0 spiro atoms. The number of hydrogen-bond acceptors (Lipinski definition) is 5. The van der Waals surface area contributed by atoms with Gasteiger partial charge in [0.15, 0.2) is 11.5 Å². The predicted molar refractivity (Wildman–Crippen MR) is 116 cm³/mol. The molecule has 0 fully saturated rings. The summed E-state index contributed by atoms with van der Waals surface area (Å²) in [5.74, 6) is 0.266. The van der Waals surface area contributed by atoms with Crippen molar-refractivity contribution < 1.29 is 19.4 Å². The fourth-order valence-electron chi connectivity index (χ4n) is 2.67. The minimum absolute atomic E-state index is 0.248. The van der Waals surface area contributed by atoms with E-state index in [1.807, 2.05) is 48.7 Å². The molecule has 0 heterocycles. The summed E-state index contributed by atoms with van der Waals surface area (Å²) in [6.45, 7) is 0.310. The van der Waals surface area contributed by atoms with Gasteiger partial charge in [-0.3, -0.25) is 4.99 Å². The number of carbonyl (C=O) groups is 1. The SMILES string of the molecule is COc1cc(C=Nc2ccccc2SC)ccc1OCc1ccc(C(=O)O)cc1. The number of aromatic carboxylic acids is 1. The van der Waals surface area contributed by atoms with Gasteiger partial charge in [-0.25, -0.2) is 4.79 Å². The Kier molecular flexibility index (Phi) is 6.92. The predicted octanol–water partition coefficient (Wildman–Crippen LogP) is 5.44. The number of nitrogens with zero attached hydrogens (tertiary/aromatic N) is 1. The maximum Gasteiger partial charge on any atom is 0.335 e. The number of methoxy groups -OCH3 is 1. The Labute approximate surface area is 174 Å². The van der Waals surface area contributed by atoms with E-state index >= 15 is 0 Å². The molecule has 148 valence electrons. The molecule has 1 N–H and O–H groups in total. The molecule has 0 atom stereocenters. The highest BCUT2D eigenvalue weighted by Gasteiger charge is 2.07. The minimum atomic E-state index is -0.948. The zero-order chi connectivity index (χ0) is 20.6. The molecule has 6 heteroatoms. The summed E-state index contributed by atoms with van der Waals surface area (Å²) in [6, 6.07) is 20.2. The molecule has 3 rings (SSSR count). The average Bonchev–Trinajstić information content (AvgIpc) is 2.76. The zero-order valence-electron chi connectivity index (χ0n) is 16.2. The lowest BCUT2D eigenvalue weighted by Crippen LogP contribution is -2.00. The van der Waals surface area contributed by atoms with Crippen LogP contribution in [-0.2, 0) is 6.61 Å². The average molecular weight is 407 g/mol. The number of ether oxygens (including phenoxy) is 2. The van der Waals surface area contributed by atoms with Crippen molar-refractivity contribution in [2.45, 2.75) is 11.5 Å². The van der Waals surface area contributed by atoms with Gasteiger partial charge in [0.1, 0.15) is 6.61 Å². The Morgan fingerprint density at radius 3 is 2.52 bits per heavy atom. The Balaban J connectivity index is 1.71. The van der Waals surface area contributed by atoms with Crippen LogP contribution in [0.1, 0.15) is 21.5 Å². The molecule has 0 saturated carbocycles. The van der Waals surface area contributed by atoms with Gasteiger partial charge < -0.3 is 14.6 Å². The highest BCUT2D eigenvalue weighted by Crippen LogP contribution is 2.30. The first-order valence-corrected chi connectivity index (χ1v) is 10.1. The molecule has 0 aliphatic heterocycles. The summed E-state index contributed by atoms with van der Waals surface area (Å²) in [5.41, 5.74) is 2.94. The fraction of sp³-hybridized carbons (Fsp3) is 0.130. The molecule has 0 amide bonds. The summed E-state index contributed by atoms with van der Waals surface area (Å²) >= 11 is 1.66. The Hall–Kier alpha value is -3.25. The number of thioether (sulfide) groups is 1. The van der Waals surface area contributed by atoms with Crippen LogP contribution in [0.5, 0.6) is 11.5 Å². The van der Waals surface area contributed by atoms with Crippen molar-refractivity contribution in [1.82, 2.24) is 0 Å². The van der Waals surface area contributed by atoms with Crippen molar-refractivity contribution in [1.29, 1.82) is 0 Å². The number of aliphatic imine (C=N–C) groups is 1. The van der Waals surface area contributed by atoms with Crippen LogP contribution in [0, 0.1) is 0 Å². The Morgan fingerprint density at radius 1 is 1.07 bits per heavy atom. The number of carboxylic acids is 1. The second-order valence-corrected chi connectivity index (χ2v) is 6.98. The van der Waals surface area contributed by atoms with Gasteiger partial charge in [-0.15, -0.1) is 11.8 Å². The maximum atomic E-state index is 10.9. The van der Waals surface area contributed by atoms with E-state index in [4.69, 9.17) is 14.6 Å². The van der Waals surface area contributed by atoms with Crippen LogP contribution in [0.4, 0.5) is 5.69 Å². The van der Waals surface area contributed by atoms with Gasteiger partial charge in [0.2, 0.25) is 0 Å². The number of hydrogen-bond donors (Lipinski definition) is 1. The molecular weight excluding hydrogens is 386 g/mol. The first-order valence-electron chi connectivity index (χ1n) is 8.91. The Bertz CT molecular complexity index is 1020. The minimum Gasteiger partial charge on any atom is -0.493 e. The second kappa shape index (κ2) is 9.80. The van der Waals surface area contributed by atoms with Crippen LogP contribution >= 0.6 is 11.8 Å². The molecule has 3 aromatic rings. The molecule has 0 unspecified atom stereocenters. The van der Waals surface area contributed by atoms with Crippen LogP contribution < -0.4 is 9.47 Å². The molecule has 0 radical (unpaired) electrons. The largest absolute Gasteiger partial charge is 0.493 e. The number of benzene rings is 3. The van der Waals surface area contributed by atoms with Gasteiger partial charge in [-0.1, -0.05) is 24.3 Å². The Morgan fingerprint density at radius 2 is 1.83 bits per heavy atom. The smallest absolute Gasteiger partial charge is 0.335 e. The second-order valence-electron chi connectivity index (χ2n) is 6.13. The topological polar surface area (TPSA) is 68.1 Å². The lowest BCUT2D eigenvalue weighted by Gasteiger charge is -2.11. The summed E-state index contributed by atoms with van der Waals surface area (Å²) in [5, 5.41) is 8.96. The van der Waals surface area contributed by atoms with E-state index in [0.29, 0.717) is 18.1 Å². The van der Waals surface area contributed by atoms with Crippen LogP contribution in [0.2, 0.25) is 0 Å². The fourth-order valence-corrected chi connectivity index (χ4v) is 3.21. The van der Waals surface area contributed by atoms with E-state index in [1.54, 1.807) is 49.4 Å². The molecule has 5 nitrogen and oxygen atoms in total. The zero-order valence-corrected chi connectivity index (χ0v) is 17.0. The monoisotopic (exact) mass is 407 g/mol. The quantitative estimate of drug-likeness (QED) is 0.397. The van der Waals surface area contributed by atoms with Crippen molar-refractivity contribution in [2.24, 2.45) is 4.99 Å².